The number of rotatable bonds is 9. The lowest BCUT2D eigenvalue weighted by molar-refractivity contribution is 0.0379. The minimum absolute atomic E-state index is 0.00451. The molecule has 2 aromatic carbocycles. The molecule has 7 nitrogen and oxygen atoms in total. The highest BCUT2D eigenvalue weighted by molar-refractivity contribution is 7.86. The molecule has 0 amide bonds. The molecule has 8 heteroatoms. The molecule has 0 aliphatic carbocycles. The Hall–Kier alpha value is -2.26. The highest BCUT2D eigenvalue weighted by atomic mass is 32.2. The zero-order chi connectivity index (χ0) is 20.7. The van der Waals surface area contributed by atoms with Gasteiger partial charge in [-0.1, -0.05) is 35.9 Å². The van der Waals surface area contributed by atoms with Gasteiger partial charge in [0.15, 0.2) is 0 Å². The maximum absolute atomic E-state index is 12.1. The van der Waals surface area contributed by atoms with Crippen LogP contribution < -0.4 is 5.32 Å². The Kier molecular flexibility index (Phi) is 7.38. The molecule has 0 unspecified atom stereocenters. The summed E-state index contributed by atoms with van der Waals surface area (Å²) in [5.74, 6) is -0.355. The maximum atomic E-state index is 12.1. The second-order valence-corrected chi connectivity index (χ2v) is 8.50. The van der Waals surface area contributed by atoms with Crippen molar-refractivity contribution in [2.45, 2.75) is 30.4 Å². The summed E-state index contributed by atoms with van der Waals surface area (Å²) in [5, 5.41) is 3.24. The fourth-order valence-electron chi connectivity index (χ4n) is 3.00. The van der Waals surface area contributed by atoms with Gasteiger partial charge in [-0.15, -0.1) is 0 Å². The van der Waals surface area contributed by atoms with Crippen LogP contribution in [0.3, 0.4) is 0 Å². The van der Waals surface area contributed by atoms with E-state index in [-0.39, 0.29) is 42.8 Å². The number of benzene rings is 2. The van der Waals surface area contributed by atoms with E-state index >= 15 is 0 Å². The number of nitrogens with one attached hydrogen (secondary N) is 1. The van der Waals surface area contributed by atoms with Crippen LogP contribution in [0.25, 0.3) is 0 Å². The number of aryl methyl sites for hydroxylation is 1. The summed E-state index contributed by atoms with van der Waals surface area (Å²) < 4.78 is 40.3. The van der Waals surface area contributed by atoms with Gasteiger partial charge in [-0.25, -0.2) is 4.79 Å². The zero-order valence-electron chi connectivity index (χ0n) is 16.2. The summed E-state index contributed by atoms with van der Waals surface area (Å²) in [5.41, 5.74) is 1.50. The second-order valence-electron chi connectivity index (χ2n) is 6.89. The number of esters is 1. The van der Waals surface area contributed by atoms with Crippen molar-refractivity contribution in [3.63, 3.8) is 0 Å². The van der Waals surface area contributed by atoms with E-state index in [0.717, 1.165) is 5.56 Å². The summed E-state index contributed by atoms with van der Waals surface area (Å²) in [7, 11) is -3.78. The minimum Gasteiger partial charge on any atom is -0.460 e. The summed E-state index contributed by atoms with van der Waals surface area (Å²) in [4.78, 5) is 12.1. The molecule has 1 aliphatic heterocycles. The smallest absolute Gasteiger partial charge is 0.338 e. The molecule has 0 bridgehead atoms. The predicted molar refractivity (Wildman–Crippen MR) is 107 cm³/mol. The van der Waals surface area contributed by atoms with E-state index in [2.05, 4.69) is 5.32 Å². The van der Waals surface area contributed by atoms with Crippen molar-refractivity contribution in [3.8, 4) is 0 Å². The molecule has 1 N–H and O–H groups in total. The Morgan fingerprint density at radius 2 is 1.79 bits per heavy atom. The molecule has 0 saturated carbocycles. The van der Waals surface area contributed by atoms with Crippen LogP contribution in [0.1, 0.15) is 22.3 Å². The largest absolute Gasteiger partial charge is 0.460 e. The lowest BCUT2D eigenvalue weighted by Gasteiger charge is -2.12. The first-order chi connectivity index (χ1) is 13.9. The Labute approximate surface area is 171 Å². The molecule has 0 spiro atoms. The van der Waals surface area contributed by atoms with Gasteiger partial charge in [-0.3, -0.25) is 4.18 Å². The minimum atomic E-state index is -3.78. The van der Waals surface area contributed by atoms with Crippen LogP contribution in [-0.4, -0.2) is 52.9 Å². The molecule has 29 heavy (non-hydrogen) atoms. The van der Waals surface area contributed by atoms with Crippen molar-refractivity contribution < 1.29 is 26.9 Å². The van der Waals surface area contributed by atoms with Gasteiger partial charge in [0.2, 0.25) is 0 Å². The standard InChI is InChI=1S/C21H25NO6S/c1-16-7-9-20(10-8-16)29(24,25)28-12-11-26-19-13-18(22-14-19)15-27-21(23)17-5-3-2-4-6-17/h2-10,18-19,22H,11-15H2,1H3/t18-,19+/m0/s1. The van der Waals surface area contributed by atoms with Gasteiger partial charge in [0.05, 0.1) is 29.8 Å². The van der Waals surface area contributed by atoms with Crippen LogP contribution in [0.5, 0.6) is 0 Å². The zero-order valence-corrected chi connectivity index (χ0v) is 17.1. The fraction of sp³-hybridized carbons (Fsp3) is 0.381. The molecular weight excluding hydrogens is 394 g/mol. The molecule has 0 radical (unpaired) electrons. The van der Waals surface area contributed by atoms with Gasteiger partial charge in [0.25, 0.3) is 10.1 Å². The number of carbonyl (C=O) groups is 1. The lowest BCUT2D eigenvalue weighted by atomic mass is 10.2. The topological polar surface area (TPSA) is 90.9 Å². The van der Waals surface area contributed by atoms with E-state index in [1.807, 2.05) is 13.0 Å². The van der Waals surface area contributed by atoms with E-state index in [0.29, 0.717) is 18.5 Å². The van der Waals surface area contributed by atoms with E-state index in [1.54, 1.807) is 36.4 Å². The number of carbonyl (C=O) groups excluding carboxylic acids is 1. The lowest BCUT2D eigenvalue weighted by Crippen LogP contribution is -2.28. The summed E-state index contributed by atoms with van der Waals surface area (Å²) in [6.45, 7) is 2.86. The number of hydrogen-bond donors (Lipinski definition) is 1. The van der Waals surface area contributed by atoms with Crippen molar-refractivity contribution in [1.29, 1.82) is 0 Å². The van der Waals surface area contributed by atoms with E-state index < -0.39 is 10.1 Å². The summed E-state index contributed by atoms with van der Waals surface area (Å²) in [6.07, 6.45) is 0.591. The van der Waals surface area contributed by atoms with Crippen molar-refractivity contribution >= 4 is 16.1 Å². The van der Waals surface area contributed by atoms with Crippen LogP contribution in [0.15, 0.2) is 59.5 Å². The van der Waals surface area contributed by atoms with E-state index in [9.17, 15) is 13.2 Å². The molecule has 1 saturated heterocycles. The Morgan fingerprint density at radius 1 is 1.07 bits per heavy atom. The van der Waals surface area contributed by atoms with Gasteiger partial charge in [-0.2, -0.15) is 8.42 Å². The molecule has 1 heterocycles. The normalized spacial score (nSPS) is 19.2. The van der Waals surface area contributed by atoms with Crippen molar-refractivity contribution in [2.75, 3.05) is 26.4 Å². The molecule has 2 atom stereocenters. The van der Waals surface area contributed by atoms with Gasteiger partial charge >= 0.3 is 5.97 Å². The van der Waals surface area contributed by atoms with Crippen LogP contribution in [0.2, 0.25) is 0 Å². The van der Waals surface area contributed by atoms with Crippen molar-refractivity contribution in [2.24, 2.45) is 0 Å². The average Bonchev–Trinajstić information content (AvgIpc) is 3.18. The third-order valence-corrected chi connectivity index (χ3v) is 5.92. The molecular formula is C21H25NO6S. The number of hydrogen-bond acceptors (Lipinski definition) is 7. The summed E-state index contributed by atoms with van der Waals surface area (Å²) >= 11 is 0. The van der Waals surface area contributed by atoms with Crippen LogP contribution >= 0.6 is 0 Å². The first-order valence-electron chi connectivity index (χ1n) is 9.47. The van der Waals surface area contributed by atoms with Gasteiger partial charge in [0, 0.05) is 12.6 Å². The highest BCUT2D eigenvalue weighted by Gasteiger charge is 2.26. The van der Waals surface area contributed by atoms with Crippen LogP contribution in [0.4, 0.5) is 0 Å². The third-order valence-electron chi connectivity index (χ3n) is 4.59. The molecule has 1 fully saturated rings. The monoisotopic (exact) mass is 419 g/mol. The van der Waals surface area contributed by atoms with Crippen molar-refractivity contribution in [3.05, 3.63) is 65.7 Å². The molecule has 1 aliphatic rings. The molecule has 2 aromatic rings. The van der Waals surface area contributed by atoms with Crippen LogP contribution in [0, 0.1) is 6.92 Å². The van der Waals surface area contributed by atoms with Crippen molar-refractivity contribution in [1.82, 2.24) is 5.32 Å². The van der Waals surface area contributed by atoms with E-state index in [4.69, 9.17) is 13.7 Å². The third kappa shape index (κ3) is 6.37. The molecule has 156 valence electrons. The molecule has 3 rings (SSSR count). The SMILES string of the molecule is Cc1ccc(S(=O)(=O)OCCO[C@H]2CN[C@H](COC(=O)c3ccccc3)C2)cc1. The average molecular weight is 419 g/mol. The Morgan fingerprint density at radius 3 is 2.52 bits per heavy atom. The number of ether oxygens (including phenoxy) is 2. The second kappa shape index (κ2) is 9.98. The quantitative estimate of drug-likeness (QED) is 0.379. The Balaban J connectivity index is 1.34. The van der Waals surface area contributed by atoms with Gasteiger partial charge in [0.1, 0.15) is 6.61 Å². The highest BCUT2D eigenvalue weighted by Crippen LogP contribution is 2.14. The Bertz CT molecular complexity index is 899. The molecule has 0 aromatic heterocycles. The van der Waals surface area contributed by atoms with Gasteiger partial charge < -0.3 is 14.8 Å². The van der Waals surface area contributed by atoms with Crippen LogP contribution in [-0.2, 0) is 23.8 Å². The van der Waals surface area contributed by atoms with E-state index in [1.165, 1.54) is 12.1 Å². The fourth-order valence-corrected chi connectivity index (χ4v) is 3.89. The first-order valence-corrected chi connectivity index (χ1v) is 10.9. The summed E-state index contributed by atoms with van der Waals surface area (Å²) in [6, 6.07) is 15.3. The van der Waals surface area contributed by atoms with Gasteiger partial charge in [-0.05, 0) is 37.6 Å². The first kappa shape index (κ1) is 21.4. The predicted octanol–water partition coefficient (Wildman–Crippen LogP) is 2.30. The maximum Gasteiger partial charge on any atom is 0.338 e.